The normalized spacial score (nSPS) is 18.6. The molecule has 9 heteroatoms. The summed E-state index contributed by atoms with van der Waals surface area (Å²) in [6.07, 6.45) is 4.52. The van der Waals surface area contributed by atoms with Gasteiger partial charge in [0.15, 0.2) is 11.1 Å². The summed E-state index contributed by atoms with van der Waals surface area (Å²) in [5.74, 6) is 1.82. The molecule has 7 nitrogen and oxygen atoms in total. The molecule has 2 N–H and O–H groups in total. The summed E-state index contributed by atoms with van der Waals surface area (Å²) >= 11 is 1.76. The van der Waals surface area contributed by atoms with Crippen LogP contribution in [0.25, 0.3) is 0 Å². The highest BCUT2D eigenvalue weighted by Gasteiger charge is 2.25. The van der Waals surface area contributed by atoms with Crippen LogP contribution >= 0.6 is 35.3 Å². The first-order valence-corrected chi connectivity index (χ1v) is 12.3. The van der Waals surface area contributed by atoms with Crippen LogP contribution in [0.1, 0.15) is 31.9 Å². The van der Waals surface area contributed by atoms with Gasteiger partial charge in [0.25, 0.3) is 0 Å². The molecule has 0 amide bonds. The summed E-state index contributed by atoms with van der Waals surface area (Å²) in [4.78, 5) is 14.4. The smallest absolute Gasteiger partial charge is 0.191 e. The van der Waals surface area contributed by atoms with Crippen molar-refractivity contribution in [1.29, 1.82) is 0 Å². The lowest BCUT2D eigenvalue weighted by Crippen LogP contribution is -2.44. The number of halogens is 1. The lowest BCUT2D eigenvalue weighted by Gasteiger charge is -2.22. The van der Waals surface area contributed by atoms with Gasteiger partial charge in [-0.1, -0.05) is 12.1 Å². The zero-order valence-corrected chi connectivity index (χ0v) is 22.2. The minimum atomic E-state index is 0. The Morgan fingerprint density at radius 3 is 2.81 bits per heavy atom. The summed E-state index contributed by atoms with van der Waals surface area (Å²) < 4.78 is 5.54. The largest absolute Gasteiger partial charge is 0.495 e. The monoisotopic (exact) mass is 570 g/mol. The first-order chi connectivity index (χ1) is 15.3. The predicted molar refractivity (Wildman–Crippen MR) is 145 cm³/mol. The minimum absolute atomic E-state index is 0. The van der Waals surface area contributed by atoms with E-state index in [2.05, 4.69) is 44.9 Å². The zero-order chi connectivity index (χ0) is 21.5. The van der Waals surface area contributed by atoms with E-state index in [1.807, 2.05) is 12.1 Å². The van der Waals surface area contributed by atoms with Crippen LogP contribution in [0.15, 0.2) is 34.6 Å². The number of ether oxygens (including phenoxy) is 1. The molecule has 0 saturated carbocycles. The highest BCUT2D eigenvalue weighted by atomic mass is 127. The fourth-order valence-corrected chi connectivity index (χ4v) is 5.16. The van der Waals surface area contributed by atoms with Crippen molar-refractivity contribution >= 4 is 52.1 Å². The van der Waals surface area contributed by atoms with Gasteiger partial charge in [-0.15, -0.1) is 35.3 Å². The van der Waals surface area contributed by atoms with Crippen LogP contribution in [0, 0.1) is 0 Å². The predicted octanol–water partition coefficient (Wildman–Crippen LogP) is 3.75. The number of methoxy groups -OCH3 is 1. The summed E-state index contributed by atoms with van der Waals surface area (Å²) in [5, 5.41) is 10.4. The average molecular weight is 571 g/mol. The van der Waals surface area contributed by atoms with Crippen molar-refractivity contribution in [2.24, 2.45) is 4.99 Å². The molecule has 2 aliphatic heterocycles. The number of nitrogens with zero attached hydrogens (tertiary/aromatic N) is 4. The van der Waals surface area contributed by atoms with Crippen molar-refractivity contribution < 1.29 is 4.74 Å². The molecule has 1 unspecified atom stereocenters. The molecule has 0 aliphatic carbocycles. The maximum Gasteiger partial charge on any atom is 0.191 e. The fraction of sp³-hybridized carbons (Fsp3) is 0.565. The third kappa shape index (κ3) is 6.40. The minimum Gasteiger partial charge on any atom is -0.495 e. The molecule has 2 saturated heterocycles. The van der Waals surface area contributed by atoms with Crippen molar-refractivity contribution in [2.45, 2.75) is 38.6 Å². The molecular weight excluding hydrogens is 535 g/mol. The number of para-hydroxylation sites is 2. The lowest BCUT2D eigenvalue weighted by molar-refractivity contribution is 0.415. The number of thiazole rings is 1. The Balaban J connectivity index is 0.00000289. The van der Waals surface area contributed by atoms with E-state index in [1.54, 1.807) is 18.4 Å². The fourth-order valence-electron chi connectivity index (χ4n) is 4.25. The van der Waals surface area contributed by atoms with Crippen LogP contribution in [0.2, 0.25) is 0 Å². The van der Waals surface area contributed by atoms with E-state index in [9.17, 15) is 0 Å². The van der Waals surface area contributed by atoms with E-state index < -0.39 is 0 Å². The van der Waals surface area contributed by atoms with Crippen LogP contribution in [-0.4, -0.2) is 63.4 Å². The van der Waals surface area contributed by atoms with Gasteiger partial charge in [0, 0.05) is 57.1 Å². The Morgan fingerprint density at radius 1 is 1.22 bits per heavy atom. The number of rotatable bonds is 8. The highest BCUT2D eigenvalue weighted by Crippen LogP contribution is 2.30. The van der Waals surface area contributed by atoms with Crippen LogP contribution in [0.5, 0.6) is 5.75 Å². The summed E-state index contributed by atoms with van der Waals surface area (Å²) in [6, 6.07) is 8.60. The van der Waals surface area contributed by atoms with Gasteiger partial charge in [-0.2, -0.15) is 0 Å². The molecule has 2 fully saturated rings. The molecular formula is C23H35IN6OS. The van der Waals surface area contributed by atoms with Crippen molar-refractivity contribution in [3.8, 4) is 5.75 Å². The van der Waals surface area contributed by atoms with Gasteiger partial charge in [-0.3, -0.25) is 4.99 Å². The van der Waals surface area contributed by atoms with Gasteiger partial charge >= 0.3 is 0 Å². The van der Waals surface area contributed by atoms with E-state index in [-0.39, 0.29) is 24.0 Å². The third-order valence-corrected chi connectivity index (χ3v) is 6.80. The molecule has 4 rings (SSSR count). The Labute approximate surface area is 212 Å². The standard InChI is InChI=1S/C23H34N6OS.HI/c1-3-24-22(25-12-10-19-17-31-23(27-19)28-13-6-7-14-28)26-18-11-15-29(16-18)20-8-4-5-9-21(20)30-2;/h4-5,8-9,17-18H,3,6-7,10-16H2,1-2H3,(H2,24,25,26);1H. The molecule has 0 bridgehead atoms. The Kier molecular flexibility index (Phi) is 9.70. The summed E-state index contributed by atoms with van der Waals surface area (Å²) in [6.45, 7) is 7.94. The number of benzene rings is 1. The van der Waals surface area contributed by atoms with Gasteiger partial charge < -0.3 is 25.2 Å². The van der Waals surface area contributed by atoms with Gasteiger partial charge in [-0.25, -0.2) is 4.98 Å². The van der Waals surface area contributed by atoms with E-state index in [0.717, 1.165) is 75.2 Å². The second-order valence-electron chi connectivity index (χ2n) is 8.07. The number of nitrogens with one attached hydrogen (secondary N) is 2. The topological polar surface area (TPSA) is 65.0 Å². The van der Waals surface area contributed by atoms with Crippen LogP contribution in [0.4, 0.5) is 10.8 Å². The van der Waals surface area contributed by atoms with Crippen molar-refractivity contribution in [1.82, 2.24) is 15.6 Å². The van der Waals surface area contributed by atoms with Crippen LogP contribution in [0.3, 0.4) is 0 Å². The number of hydrogen-bond acceptors (Lipinski definition) is 6. The Morgan fingerprint density at radius 2 is 2.03 bits per heavy atom. The lowest BCUT2D eigenvalue weighted by atomic mass is 10.2. The first-order valence-electron chi connectivity index (χ1n) is 11.4. The number of aliphatic imine (C=N–C) groups is 1. The molecule has 0 radical (unpaired) electrons. The zero-order valence-electron chi connectivity index (χ0n) is 19.0. The number of aromatic nitrogens is 1. The van der Waals surface area contributed by atoms with Crippen molar-refractivity contribution in [3.05, 3.63) is 35.3 Å². The molecule has 0 spiro atoms. The van der Waals surface area contributed by atoms with E-state index in [4.69, 9.17) is 14.7 Å². The molecule has 176 valence electrons. The molecule has 2 aliphatic rings. The van der Waals surface area contributed by atoms with Gasteiger partial charge in [0.2, 0.25) is 0 Å². The Bertz CT molecular complexity index is 870. The molecule has 3 heterocycles. The Hall–Kier alpha value is -1.75. The second-order valence-corrected chi connectivity index (χ2v) is 8.91. The third-order valence-electron chi connectivity index (χ3n) is 5.85. The van der Waals surface area contributed by atoms with Crippen LogP contribution in [-0.2, 0) is 6.42 Å². The van der Waals surface area contributed by atoms with Crippen LogP contribution < -0.4 is 25.2 Å². The maximum absolute atomic E-state index is 5.54. The highest BCUT2D eigenvalue weighted by molar-refractivity contribution is 14.0. The van der Waals surface area contributed by atoms with E-state index >= 15 is 0 Å². The van der Waals surface area contributed by atoms with Gasteiger partial charge in [-0.05, 0) is 38.3 Å². The SMILES string of the molecule is CCNC(=NCCc1csc(N2CCCC2)n1)NC1CCN(c2ccccc2OC)C1.I. The quantitative estimate of drug-likeness (QED) is 0.287. The second kappa shape index (κ2) is 12.5. The van der Waals surface area contributed by atoms with Gasteiger partial charge in [0.05, 0.1) is 18.5 Å². The number of anilines is 2. The van der Waals surface area contributed by atoms with E-state index in [1.165, 1.54) is 18.0 Å². The van der Waals surface area contributed by atoms with Gasteiger partial charge in [0.1, 0.15) is 5.75 Å². The summed E-state index contributed by atoms with van der Waals surface area (Å²) in [7, 11) is 1.73. The average Bonchev–Trinajstić information content (AvgIpc) is 3.55. The first kappa shape index (κ1) is 24.9. The number of hydrogen-bond donors (Lipinski definition) is 2. The summed E-state index contributed by atoms with van der Waals surface area (Å²) in [5.41, 5.74) is 2.31. The molecule has 32 heavy (non-hydrogen) atoms. The molecule has 1 aromatic heterocycles. The van der Waals surface area contributed by atoms with Crippen molar-refractivity contribution in [3.63, 3.8) is 0 Å². The molecule has 1 atom stereocenters. The maximum atomic E-state index is 5.54. The molecule has 2 aromatic rings. The van der Waals surface area contributed by atoms with Crippen molar-refractivity contribution in [2.75, 3.05) is 56.2 Å². The number of guanidine groups is 1. The van der Waals surface area contributed by atoms with E-state index in [0.29, 0.717) is 6.04 Å². The molecule has 1 aromatic carbocycles.